The van der Waals surface area contributed by atoms with Gasteiger partial charge in [-0.05, 0) is 44.2 Å². The predicted molar refractivity (Wildman–Crippen MR) is 104 cm³/mol. The zero-order chi connectivity index (χ0) is 19.4. The minimum Gasteiger partial charge on any atom is -0.382 e. The first-order valence-corrected chi connectivity index (χ1v) is 8.30. The third-order valence-corrected chi connectivity index (χ3v) is 4.06. The number of nitriles is 1. The summed E-state index contributed by atoms with van der Waals surface area (Å²) in [6.07, 6.45) is 3.72. The Kier molecular flexibility index (Phi) is 4.99. The number of aryl methyl sites for hydroxylation is 1. The Balaban J connectivity index is 1.78. The Morgan fingerprint density at radius 3 is 2.67 bits per heavy atom. The molecule has 0 aliphatic heterocycles. The second-order valence-corrected chi connectivity index (χ2v) is 5.75. The van der Waals surface area contributed by atoms with Crippen molar-refractivity contribution in [3.8, 4) is 23.0 Å². The van der Waals surface area contributed by atoms with Gasteiger partial charge < -0.3 is 5.73 Å². The molecule has 0 aliphatic rings. The molecule has 0 unspecified atom stereocenters. The van der Waals surface area contributed by atoms with Crippen LogP contribution in [-0.4, -0.2) is 31.1 Å². The Bertz CT molecular complexity index is 1030. The highest BCUT2D eigenvalue weighted by molar-refractivity contribution is 6.45. The van der Waals surface area contributed by atoms with Crippen molar-refractivity contribution < 1.29 is 0 Å². The van der Waals surface area contributed by atoms with Gasteiger partial charge in [0, 0.05) is 24.0 Å². The van der Waals surface area contributed by atoms with E-state index >= 15 is 0 Å². The maximum Gasteiger partial charge on any atom is 0.201 e. The van der Waals surface area contributed by atoms with Crippen molar-refractivity contribution in [1.82, 2.24) is 19.6 Å². The number of rotatable bonds is 6. The molecule has 1 aromatic carbocycles. The number of benzene rings is 1. The molecule has 0 bridgehead atoms. The monoisotopic (exact) mass is 361 g/mol. The van der Waals surface area contributed by atoms with Gasteiger partial charge in [-0.1, -0.05) is 0 Å². The van der Waals surface area contributed by atoms with E-state index in [1.165, 1.54) is 0 Å². The van der Waals surface area contributed by atoms with E-state index in [0.29, 0.717) is 5.69 Å². The molecule has 0 fully saturated rings. The minimum atomic E-state index is -0.382. The van der Waals surface area contributed by atoms with Gasteiger partial charge in [0.05, 0.1) is 23.3 Å². The molecule has 0 amide bonds. The highest BCUT2D eigenvalue weighted by atomic mass is 15.3. The lowest BCUT2D eigenvalue weighted by atomic mass is 10.2. The number of aromatic nitrogens is 4. The van der Waals surface area contributed by atoms with Gasteiger partial charge in [0.25, 0.3) is 0 Å². The van der Waals surface area contributed by atoms with Crippen molar-refractivity contribution in [2.45, 2.75) is 20.4 Å². The van der Waals surface area contributed by atoms with Crippen LogP contribution in [0.4, 0.5) is 5.69 Å². The molecule has 2 aromatic heterocycles. The highest BCUT2D eigenvalue weighted by Crippen LogP contribution is 2.22. The molecule has 0 saturated heterocycles. The molecule has 136 valence electrons. The largest absolute Gasteiger partial charge is 0.382 e. The molecule has 0 spiro atoms. The Morgan fingerprint density at radius 2 is 2.07 bits per heavy atom. The van der Waals surface area contributed by atoms with E-state index in [-0.39, 0.29) is 11.5 Å². The number of amidine groups is 1. The molecule has 2 heterocycles. The maximum atomic E-state index is 8.84. The Hall–Kier alpha value is -3.93. The van der Waals surface area contributed by atoms with Crippen LogP contribution in [0.5, 0.6) is 0 Å². The van der Waals surface area contributed by atoms with Gasteiger partial charge in [-0.25, -0.2) is 4.68 Å². The molecule has 0 radical (unpaired) electrons. The molecule has 9 heteroatoms. The van der Waals surface area contributed by atoms with E-state index in [0.717, 1.165) is 29.2 Å². The average molecular weight is 361 g/mol. The van der Waals surface area contributed by atoms with Crippen LogP contribution in [0, 0.1) is 23.7 Å². The van der Waals surface area contributed by atoms with Crippen molar-refractivity contribution in [3.63, 3.8) is 0 Å². The first-order valence-electron chi connectivity index (χ1n) is 8.30. The van der Waals surface area contributed by atoms with E-state index in [4.69, 9.17) is 16.4 Å². The van der Waals surface area contributed by atoms with Crippen molar-refractivity contribution in [3.05, 3.63) is 48.4 Å². The summed E-state index contributed by atoms with van der Waals surface area (Å²) in [7, 11) is 0. The average Bonchev–Trinajstić information content (AvgIpc) is 3.29. The van der Waals surface area contributed by atoms with E-state index in [9.17, 15) is 0 Å². The van der Waals surface area contributed by atoms with Gasteiger partial charge in [0.2, 0.25) is 5.71 Å². The van der Waals surface area contributed by atoms with Gasteiger partial charge in [-0.3, -0.25) is 15.5 Å². The van der Waals surface area contributed by atoms with Gasteiger partial charge in [-0.2, -0.15) is 20.6 Å². The van der Waals surface area contributed by atoms with Crippen LogP contribution in [0.1, 0.15) is 12.6 Å². The summed E-state index contributed by atoms with van der Waals surface area (Å²) >= 11 is 0. The van der Waals surface area contributed by atoms with Crippen LogP contribution in [0.3, 0.4) is 0 Å². The van der Waals surface area contributed by atoms with Crippen molar-refractivity contribution in [2.75, 3.05) is 5.43 Å². The zero-order valence-electron chi connectivity index (χ0n) is 15.0. The van der Waals surface area contributed by atoms with Crippen LogP contribution in [0.15, 0.2) is 47.8 Å². The second kappa shape index (κ2) is 7.53. The minimum absolute atomic E-state index is 0.168. The van der Waals surface area contributed by atoms with Crippen LogP contribution in [0.25, 0.3) is 16.9 Å². The molecular formula is C18H19N9. The summed E-state index contributed by atoms with van der Waals surface area (Å²) < 4.78 is 3.72. The van der Waals surface area contributed by atoms with Crippen LogP contribution in [0.2, 0.25) is 0 Å². The molecule has 0 atom stereocenters. The third-order valence-electron chi connectivity index (χ3n) is 4.06. The number of anilines is 1. The molecular weight excluding hydrogens is 342 g/mol. The van der Waals surface area contributed by atoms with E-state index in [1.807, 2.05) is 42.2 Å². The molecule has 0 saturated carbocycles. The highest BCUT2D eigenvalue weighted by Gasteiger charge is 2.11. The van der Waals surface area contributed by atoms with Crippen LogP contribution < -0.4 is 11.2 Å². The molecule has 4 N–H and O–H groups in total. The number of nitrogens with two attached hydrogens (primary N) is 1. The normalized spacial score (nSPS) is 11.2. The predicted octanol–water partition coefficient (Wildman–Crippen LogP) is 2.29. The molecule has 9 nitrogen and oxygen atoms in total. The molecule has 3 rings (SSSR count). The van der Waals surface area contributed by atoms with E-state index in [2.05, 4.69) is 27.6 Å². The van der Waals surface area contributed by atoms with Crippen LogP contribution >= 0.6 is 0 Å². The number of hydrazone groups is 1. The first-order chi connectivity index (χ1) is 13.0. The van der Waals surface area contributed by atoms with Crippen LogP contribution in [-0.2, 0) is 6.54 Å². The fraction of sp³-hybridized carbons (Fsp3) is 0.167. The van der Waals surface area contributed by atoms with Gasteiger partial charge >= 0.3 is 0 Å². The summed E-state index contributed by atoms with van der Waals surface area (Å²) in [5.41, 5.74) is 12.3. The van der Waals surface area contributed by atoms with Crippen molar-refractivity contribution in [2.24, 2.45) is 10.8 Å². The van der Waals surface area contributed by atoms with E-state index in [1.54, 1.807) is 22.9 Å². The molecule has 0 aliphatic carbocycles. The third kappa shape index (κ3) is 3.69. The smallest absolute Gasteiger partial charge is 0.201 e. The number of nitrogens with one attached hydrogen (secondary N) is 2. The van der Waals surface area contributed by atoms with Crippen molar-refractivity contribution in [1.29, 1.82) is 10.7 Å². The topological polar surface area (TPSA) is 134 Å². The fourth-order valence-electron chi connectivity index (χ4n) is 2.58. The Labute approximate surface area is 156 Å². The lowest BCUT2D eigenvalue weighted by molar-refractivity contribution is 0.640. The van der Waals surface area contributed by atoms with Gasteiger partial charge in [0.1, 0.15) is 6.07 Å². The number of hydrogen-bond donors (Lipinski definition) is 3. The molecule has 3 aromatic rings. The summed E-state index contributed by atoms with van der Waals surface area (Å²) in [5.74, 6) is -0.382. The summed E-state index contributed by atoms with van der Waals surface area (Å²) in [5, 5.41) is 28.9. The van der Waals surface area contributed by atoms with Gasteiger partial charge in [0.15, 0.2) is 5.84 Å². The Morgan fingerprint density at radius 1 is 1.33 bits per heavy atom. The standard InChI is InChI=1S/C18H19N9/c1-3-26-12(2)15(11-22-26)16-8-9-27(25-16)14-6-4-13(5-7-14)23-24-17(10-19)18(20)21/h4-9,11,23H,3H2,1-2H3,(H3,20,21)/b24-17+. The zero-order valence-corrected chi connectivity index (χ0v) is 15.0. The van der Waals surface area contributed by atoms with Crippen molar-refractivity contribution >= 4 is 17.2 Å². The maximum absolute atomic E-state index is 8.84. The summed E-state index contributed by atoms with van der Waals surface area (Å²) in [4.78, 5) is 0. The van der Waals surface area contributed by atoms with E-state index < -0.39 is 0 Å². The molecule has 27 heavy (non-hydrogen) atoms. The summed E-state index contributed by atoms with van der Waals surface area (Å²) in [6.45, 7) is 4.90. The quantitative estimate of drug-likeness (QED) is 0.352. The second-order valence-electron chi connectivity index (χ2n) is 5.75. The van der Waals surface area contributed by atoms with Gasteiger partial charge in [-0.15, -0.1) is 0 Å². The lowest BCUT2D eigenvalue weighted by Gasteiger charge is -2.04. The summed E-state index contributed by atoms with van der Waals surface area (Å²) in [6, 6.07) is 11.1. The number of nitrogens with zero attached hydrogens (tertiary/aromatic N) is 6. The SMILES string of the molecule is CCn1ncc(-c2ccn(-c3ccc(N/N=C(\C#N)C(=N)N)cc3)n2)c1C. The first kappa shape index (κ1) is 17.9. The number of hydrogen-bond acceptors (Lipinski definition) is 6. The fourth-order valence-corrected chi connectivity index (χ4v) is 2.58. The lowest BCUT2D eigenvalue weighted by Crippen LogP contribution is -2.21.